The molecule has 0 saturated heterocycles. The number of pyridine rings is 2. The summed E-state index contributed by atoms with van der Waals surface area (Å²) >= 11 is 0. The van der Waals surface area contributed by atoms with Crippen molar-refractivity contribution in [1.29, 1.82) is 0 Å². The number of carbonyl (C=O) groups is 2. The Morgan fingerprint density at radius 3 is 1.71 bits per heavy atom. The molecular formula is C28H34N5O5+. The number of nitrogens with zero attached hydrogens (tertiary/aromatic N) is 5. The van der Waals surface area contributed by atoms with Crippen LogP contribution in [0.2, 0.25) is 0 Å². The minimum Gasteiger partial charge on any atom is -0.396 e. The monoisotopic (exact) mass is 520 g/mol. The van der Waals surface area contributed by atoms with Crippen molar-refractivity contribution in [3.05, 3.63) is 47.0 Å². The molecule has 4 aromatic heterocycles. The molecule has 2 amide bonds. The molecule has 0 radical (unpaired) electrons. The normalized spacial score (nSPS) is 18.6. The molecular weight excluding hydrogens is 486 g/mol. The molecule has 1 fully saturated rings. The highest BCUT2D eigenvalue weighted by atomic mass is 16.5. The van der Waals surface area contributed by atoms with Crippen molar-refractivity contribution >= 4 is 34.0 Å². The predicted octanol–water partition coefficient (Wildman–Crippen LogP) is 4.98. The van der Waals surface area contributed by atoms with Crippen LogP contribution in [0.5, 0.6) is 0 Å². The molecule has 5 rings (SSSR count). The maximum atomic E-state index is 14.3. The Morgan fingerprint density at radius 2 is 1.32 bits per heavy atom. The van der Waals surface area contributed by atoms with Gasteiger partial charge >= 0.3 is 11.8 Å². The van der Waals surface area contributed by atoms with Crippen molar-refractivity contribution in [2.24, 2.45) is 5.92 Å². The SMILES string of the molecule is CC(C)c1noc2ncc(C(=O)[N+](C)(C(=O)c3cnc4onc(C(C)C)c4c3)C3CCC(CO)CC3)cc12. The van der Waals surface area contributed by atoms with Crippen molar-refractivity contribution < 1.29 is 28.2 Å². The third kappa shape index (κ3) is 4.31. The lowest BCUT2D eigenvalue weighted by Crippen LogP contribution is -2.61. The molecule has 0 aliphatic heterocycles. The molecule has 38 heavy (non-hydrogen) atoms. The van der Waals surface area contributed by atoms with Gasteiger partial charge in [-0.25, -0.2) is 19.6 Å². The number of amides is 2. The first kappa shape index (κ1) is 26.1. The number of hydrogen-bond acceptors (Lipinski definition) is 9. The van der Waals surface area contributed by atoms with Gasteiger partial charge in [0.15, 0.2) is 0 Å². The van der Waals surface area contributed by atoms with Crippen molar-refractivity contribution in [3.8, 4) is 0 Å². The number of aliphatic hydroxyl groups is 1. The number of aromatic nitrogens is 4. The summed E-state index contributed by atoms with van der Waals surface area (Å²) in [7, 11) is 1.69. The molecule has 0 spiro atoms. The Balaban J connectivity index is 1.60. The number of quaternary nitrogens is 1. The summed E-state index contributed by atoms with van der Waals surface area (Å²) < 4.78 is 10.3. The first-order valence-corrected chi connectivity index (χ1v) is 13.2. The molecule has 1 aliphatic carbocycles. The first-order valence-electron chi connectivity index (χ1n) is 13.2. The topological polar surface area (TPSA) is 132 Å². The van der Waals surface area contributed by atoms with Gasteiger partial charge in [-0.1, -0.05) is 38.0 Å². The average Bonchev–Trinajstić information content (AvgIpc) is 3.55. The number of imide groups is 1. The van der Waals surface area contributed by atoms with Crippen LogP contribution in [0.15, 0.2) is 33.6 Å². The van der Waals surface area contributed by atoms with Gasteiger partial charge < -0.3 is 14.2 Å². The predicted molar refractivity (Wildman–Crippen MR) is 139 cm³/mol. The van der Waals surface area contributed by atoms with Crippen molar-refractivity contribution in [2.45, 2.75) is 71.3 Å². The molecule has 0 atom stereocenters. The second-order valence-electron chi connectivity index (χ2n) is 11.1. The summed E-state index contributed by atoms with van der Waals surface area (Å²) in [4.78, 5) is 37.4. The van der Waals surface area contributed by atoms with E-state index in [1.165, 1.54) is 12.4 Å². The van der Waals surface area contributed by atoms with Gasteiger partial charge in [0.1, 0.15) is 6.04 Å². The van der Waals surface area contributed by atoms with Gasteiger partial charge in [0.25, 0.3) is 11.4 Å². The van der Waals surface area contributed by atoms with Crippen LogP contribution in [0.25, 0.3) is 22.2 Å². The minimum atomic E-state index is -0.455. The number of aliphatic hydroxyl groups excluding tert-OH is 1. The number of carbonyl (C=O) groups excluding carboxylic acids is 2. The van der Waals surface area contributed by atoms with Crippen LogP contribution in [-0.4, -0.2) is 61.4 Å². The van der Waals surface area contributed by atoms with E-state index >= 15 is 0 Å². The van der Waals surface area contributed by atoms with Crippen LogP contribution in [-0.2, 0) is 0 Å². The van der Waals surface area contributed by atoms with Crippen LogP contribution >= 0.6 is 0 Å². The zero-order valence-corrected chi connectivity index (χ0v) is 22.5. The van der Waals surface area contributed by atoms with Crippen LogP contribution in [0.3, 0.4) is 0 Å². The largest absolute Gasteiger partial charge is 0.396 e. The third-order valence-electron chi connectivity index (χ3n) is 7.95. The van der Waals surface area contributed by atoms with Crippen LogP contribution < -0.4 is 0 Å². The minimum absolute atomic E-state index is 0.0798. The lowest BCUT2D eigenvalue weighted by molar-refractivity contribution is -0.775. The smallest absolute Gasteiger partial charge is 0.355 e. The summed E-state index contributed by atoms with van der Waals surface area (Å²) in [5, 5.41) is 19.3. The van der Waals surface area contributed by atoms with E-state index in [0.717, 1.165) is 24.2 Å². The number of hydrogen-bond donors (Lipinski definition) is 1. The highest BCUT2D eigenvalue weighted by molar-refractivity contribution is 6.03. The summed E-state index contributed by atoms with van der Waals surface area (Å²) in [6.45, 7) is 8.09. The Bertz CT molecular complexity index is 1400. The molecule has 1 N–H and O–H groups in total. The van der Waals surface area contributed by atoms with E-state index in [-0.39, 0.29) is 42.2 Å². The van der Waals surface area contributed by atoms with E-state index in [2.05, 4.69) is 20.3 Å². The molecule has 10 heteroatoms. The van der Waals surface area contributed by atoms with Gasteiger partial charge in [0.05, 0.1) is 40.3 Å². The van der Waals surface area contributed by atoms with Crippen molar-refractivity contribution in [2.75, 3.05) is 13.7 Å². The summed E-state index contributed by atoms with van der Waals surface area (Å²) in [6.07, 6.45) is 5.69. The van der Waals surface area contributed by atoms with E-state index < -0.39 is 4.48 Å². The van der Waals surface area contributed by atoms with Gasteiger partial charge in [0, 0.05) is 31.8 Å². The van der Waals surface area contributed by atoms with E-state index in [1.807, 2.05) is 27.7 Å². The molecule has 4 heterocycles. The highest BCUT2D eigenvalue weighted by Crippen LogP contribution is 2.35. The van der Waals surface area contributed by atoms with Gasteiger partial charge in [-0.15, -0.1) is 0 Å². The second kappa shape index (κ2) is 9.99. The standard InChI is InChI=1S/C28H34N5O5/c1-15(2)23-21-10-18(12-29-25(21)37-31-23)27(35)33(5,20-8-6-17(14-34)7-9-20)28(36)19-11-22-24(16(3)4)32-38-26(22)30-13-19/h10-13,15-17,20,34H,6-9,14H2,1-5H3/q+1. The fourth-order valence-corrected chi connectivity index (χ4v) is 5.57. The average molecular weight is 521 g/mol. The maximum Gasteiger partial charge on any atom is 0.355 e. The Morgan fingerprint density at radius 1 is 0.868 bits per heavy atom. The Labute approximate surface area is 220 Å². The first-order chi connectivity index (χ1) is 18.1. The van der Waals surface area contributed by atoms with E-state index in [1.54, 1.807) is 19.2 Å². The molecule has 4 aromatic rings. The van der Waals surface area contributed by atoms with Gasteiger partial charge in [0.2, 0.25) is 0 Å². The van der Waals surface area contributed by atoms with Gasteiger partial charge in [-0.2, -0.15) is 4.48 Å². The number of rotatable bonds is 6. The molecule has 1 saturated carbocycles. The molecule has 0 bridgehead atoms. The molecule has 10 nitrogen and oxygen atoms in total. The summed E-state index contributed by atoms with van der Waals surface area (Å²) in [5.41, 5.74) is 2.80. The maximum absolute atomic E-state index is 14.3. The quantitative estimate of drug-likeness (QED) is 0.276. The Kier molecular flexibility index (Phi) is 6.87. The second-order valence-corrected chi connectivity index (χ2v) is 11.1. The van der Waals surface area contributed by atoms with Crippen molar-refractivity contribution in [3.63, 3.8) is 0 Å². The third-order valence-corrected chi connectivity index (χ3v) is 7.95. The lowest BCUT2D eigenvalue weighted by atomic mass is 9.84. The highest BCUT2D eigenvalue weighted by Gasteiger charge is 2.49. The van der Waals surface area contributed by atoms with Crippen molar-refractivity contribution in [1.82, 2.24) is 20.3 Å². The van der Waals surface area contributed by atoms with E-state index in [4.69, 9.17) is 9.05 Å². The van der Waals surface area contributed by atoms with Gasteiger partial charge in [-0.3, -0.25) is 0 Å². The van der Waals surface area contributed by atoms with Crippen LogP contribution in [0.1, 0.15) is 97.3 Å². The van der Waals surface area contributed by atoms with E-state index in [0.29, 0.717) is 46.2 Å². The zero-order chi connectivity index (χ0) is 27.2. The zero-order valence-electron chi connectivity index (χ0n) is 22.5. The molecule has 0 aromatic carbocycles. The molecule has 1 aliphatic rings. The summed E-state index contributed by atoms with van der Waals surface area (Å²) in [5.74, 6) is -0.353. The summed E-state index contributed by atoms with van der Waals surface area (Å²) in [6, 6.07) is 3.21. The number of fused-ring (bicyclic) bond motifs is 2. The van der Waals surface area contributed by atoms with Crippen LogP contribution in [0.4, 0.5) is 0 Å². The van der Waals surface area contributed by atoms with E-state index in [9.17, 15) is 14.7 Å². The Hall–Kier alpha value is -3.50. The van der Waals surface area contributed by atoms with Crippen LogP contribution in [0, 0.1) is 5.92 Å². The van der Waals surface area contributed by atoms with Gasteiger partial charge in [-0.05, 0) is 42.7 Å². The fraction of sp³-hybridized carbons (Fsp3) is 0.500. The molecule has 200 valence electrons. The molecule has 0 unspecified atom stereocenters. The lowest BCUT2D eigenvalue weighted by Gasteiger charge is -2.40. The fourth-order valence-electron chi connectivity index (χ4n) is 5.57.